The highest BCUT2D eigenvalue weighted by molar-refractivity contribution is 14.1. The normalized spacial score (nSPS) is 19.8. The van der Waals surface area contributed by atoms with Crippen LogP contribution < -0.4 is 0 Å². The van der Waals surface area contributed by atoms with E-state index in [2.05, 4.69) is 0 Å². The second-order valence-corrected chi connectivity index (χ2v) is 5.81. The highest BCUT2D eigenvalue weighted by Gasteiger charge is 2.27. The summed E-state index contributed by atoms with van der Waals surface area (Å²) >= 11 is 7.80. The Labute approximate surface area is 118 Å². The molecule has 17 heavy (non-hydrogen) atoms. The van der Waals surface area contributed by atoms with Crippen LogP contribution in [0.1, 0.15) is 30.1 Å². The Kier molecular flexibility index (Phi) is 3.92. The van der Waals surface area contributed by atoms with Crippen molar-refractivity contribution in [2.24, 2.45) is 0 Å². The van der Waals surface area contributed by atoms with Gasteiger partial charge in [0.25, 0.3) is 5.91 Å². The number of halogens is 3. The molecular formula is C12H12ClFINO. The van der Waals surface area contributed by atoms with Crippen LogP contribution in [0, 0.1) is 9.39 Å². The van der Waals surface area contributed by atoms with E-state index < -0.39 is 0 Å². The van der Waals surface area contributed by atoms with Crippen molar-refractivity contribution in [3.8, 4) is 0 Å². The summed E-state index contributed by atoms with van der Waals surface area (Å²) in [7, 11) is 0. The van der Waals surface area contributed by atoms with E-state index in [0.29, 0.717) is 9.13 Å². The van der Waals surface area contributed by atoms with Crippen LogP contribution in [0.4, 0.5) is 4.39 Å². The first kappa shape index (κ1) is 13.1. The lowest BCUT2D eigenvalue weighted by Gasteiger charge is -2.22. The van der Waals surface area contributed by atoms with Gasteiger partial charge in [-0.25, -0.2) is 4.39 Å². The van der Waals surface area contributed by atoms with Crippen molar-refractivity contribution in [1.29, 1.82) is 0 Å². The van der Waals surface area contributed by atoms with Gasteiger partial charge in [0.05, 0.1) is 10.6 Å². The minimum atomic E-state index is -0.387. The number of benzene rings is 1. The quantitative estimate of drug-likeness (QED) is 0.547. The molecule has 1 atom stereocenters. The van der Waals surface area contributed by atoms with Gasteiger partial charge in [0, 0.05) is 16.2 Å². The van der Waals surface area contributed by atoms with Gasteiger partial charge in [-0.15, -0.1) is 0 Å². The molecule has 1 aromatic carbocycles. The van der Waals surface area contributed by atoms with Gasteiger partial charge < -0.3 is 4.90 Å². The third-order valence-electron chi connectivity index (χ3n) is 3.05. The molecule has 0 bridgehead atoms. The predicted octanol–water partition coefficient (Wildman–Crippen LogP) is 3.71. The summed E-state index contributed by atoms with van der Waals surface area (Å²) in [5.74, 6) is -0.487. The smallest absolute Gasteiger partial charge is 0.255 e. The van der Waals surface area contributed by atoms with Gasteiger partial charge in [-0.3, -0.25) is 4.79 Å². The number of hydrogen-bond acceptors (Lipinski definition) is 1. The fourth-order valence-corrected chi connectivity index (χ4v) is 2.77. The molecule has 0 N–H and O–H groups in total. The van der Waals surface area contributed by atoms with Crippen LogP contribution in [0.3, 0.4) is 0 Å². The Morgan fingerprint density at radius 1 is 1.59 bits per heavy atom. The van der Waals surface area contributed by atoms with E-state index in [1.807, 2.05) is 29.5 Å². The van der Waals surface area contributed by atoms with E-state index in [0.717, 1.165) is 19.4 Å². The Bertz CT molecular complexity index is 466. The van der Waals surface area contributed by atoms with Crippen molar-refractivity contribution in [1.82, 2.24) is 4.90 Å². The van der Waals surface area contributed by atoms with Gasteiger partial charge in [-0.2, -0.15) is 0 Å². The minimum absolute atomic E-state index is 0.0992. The fraction of sp³-hybridized carbons (Fsp3) is 0.417. The van der Waals surface area contributed by atoms with Gasteiger partial charge in [-0.1, -0.05) is 11.6 Å². The second kappa shape index (κ2) is 5.10. The molecule has 0 unspecified atom stereocenters. The molecule has 1 fully saturated rings. The Balaban J connectivity index is 2.34. The SMILES string of the molecule is C[C@H]1CCCN1C(=O)c1cc(I)c(F)cc1Cl. The molecule has 5 heteroatoms. The van der Waals surface area contributed by atoms with E-state index in [1.165, 1.54) is 12.1 Å². The van der Waals surface area contributed by atoms with E-state index in [9.17, 15) is 9.18 Å². The molecular weight excluding hydrogens is 355 g/mol. The topological polar surface area (TPSA) is 20.3 Å². The Hall–Kier alpha value is -0.360. The average molecular weight is 368 g/mol. The summed E-state index contributed by atoms with van der Waals surface area (Å²) in [6.45, 7) is 2.78. The van der Waals surface area contributed by atoms with Crippen LogP contribution in [0.5, 0.6) is 0 Å². The lowest BCUT2D eigenvalue weighted by molar-refractivity contribution is 0.0747. The average Bonchev–Trinajstić information content (AvgIpc) is 2.69. The predicted molar refractivity (Wildman–Crippen MR) is 73.9 cm³/mol. The van der Waals surface area contributed by atoms with Crippen LogP contribution in [0.25, 0.3) is 0 Å². The van der Waals surface area contributed by atoms with Gasteiger partial charge in [-0.05, 0) is 54.5 Å². The standard InChI is InChI=1S/C12H12ClFINO/c1-7-3-2-4-16(7)12(17)8-5-11(15)10(14)6-9(8)13/h5-7H,2-4H2,1H3/t7-/m0/s1. The number of carbonyl (C=O) groups excluding carboxylic acids is 1. The van der Waals surface area contributed by atoms with Crippen LogP contribution in [-0.4, -0.2) is 23.4 Å². The lowest BCUT2D eigenvalue weighted by Crippen LogP contribution is -2.33. The zero-order valence-corrected chi connectivity index (χ0v) is 12.3. The molecule has 1 aliphatic heterocycles. The number of amides is 1. The van der Waals surface area contributed by atoms with Crippen LogP contribution in [-0.2, 0) is 0 Å². The Morgan fingerprint density at radius 3 is 2.88 bits per heavy atom. The van der Waals surface area contributed by atoms with Gasteiger partial charge >= 0.3 is 0 Å². The van der Waals surface area contributed by atoms with Crippen molar-refractivity contribution in [3.63, 3.8) is 0 Å². The molecule has 0 radical (unpaired) electrons. The number of likely N-dealkylation sites (tertiary alicyclic amines) is 1. The fourth-order valence-electron chi connectivity index (χ4n) is 2.08. The molecule has 1 amide bonds. The summed E-state index contributed by atoms with van der Waals surface area (Å²) in [6, 6.07) is 2.96. The molecule has 0 aliphatic carbocycles. The maximum absolute atomic E-state index is 13.3. The Morgan fingerprint density at radius 2 is 2.29 bits per heavy atom. The molecule has 1 aromatic rings. The van der Waals surface area contributed by atoms with Crippen molar-refractivity contribution >= 4 is 40.1 Å². The summed E-state index contributed by atoms with van der Waals surface area (Å²) < 4.78 is 13.7. The minimum Gasteiger partial charge on any atom is -0.336 e. The van der Waals surface area contributed by atoms with Crippen molar-refractivity contribution in [3.05, 3.63) is 32.1 Å². The highest BCUT2D eigenvalue weighted by atomic mass is 127. The van der Waals surface area contributed by atoms with E-state index >= 15 is 0 Å². The van der Waals surface area contributed by atoms with E-state index in [4.69, 9.17) is 11.6 Å². The van der Waals surface area contributed by atoms with Crippen LogP contribution >= 0.6 is 34.2 Å². The maximum atomic E-state index is 13.3. The summed E-state index contributed by atoms with van der Waals surface area (Å²) in [6.07, 6.45) is 2.03. The molecule has 2 nitrogen and oxygen atoms in total. The number of nitrogens with zero attached hydrogens (tertiary/aromatic N) is 1. The van der Waals surface area contributed by atoms with Crippen LogP contribution in [0.15, 0.2) is 12.1 Å². The molecule has 1 aliphatic rings. The monoisotopic (exact) mass is 367 g/mol. The number of hydrogen-bond donors (Lipinski definition) is 0. The second-order valence-electron chi connectivity index (χ2n) is 4.24. The van der Waals surface area contributed by atoms with Gasteiger partial charge in [0.2, 0.25) is 0 Å². The summed E-state index contributed by atoms with van der Waals surface area (Å²) in [5.41, 5.74) is 0.395. The zero-order valence-electron chi connectivity index (χ0n) is 9.34. The van der Waals surface area contributed by atoms with Gasteiger partial charge in [0.15, 0.2) is 0 Å². The van der Waals surface area contributed by atoms with E-state index in [1.54, 1.807) is 4.90 Å². The summed E-state index contributed by atoms with van der Waals surface area (Å²) in [4.78, 5) is 14.1. The molecule has 0 saturated carbocycles. The molecule has 92 valence electrons. The lowest BCUT2D eigenvalue weighted by atomic mass is 10.1. The first-order chi connectivity index (χ1) is 8.00. The molecule has 0 spiro atoms. The zero-order chi connectivity index (χ0) is 12.6. The van der Waals surface area contributed by atoms with Gasteiger partial charge in [0.1, 0.15) is 5.82 Å². The molecule has 2 rings (SSSR count). The number of carbonyl (C=O) groups is 1. The largest absolute Gasteiger partial charge is 0.336 e. The first-order valence-electron chi connectivity index (χ1n) is 5.46. The van der Waals surface area contributed by atoms with E-state index in [-0.39, 0.29) is 22.8 Å². The molecule has 1 saturated heterocycles. The first-order valence-corrected chi connectivity index (χ1v) is 6.92. The highest BCUT2D eigenvalue weighted by Crippen LogP contribution is 2.26. The molecule has 1 heterocycles. The maximum Gasteiger partial charge on any atom is 0.255 e. The van der Waals surface area contributed by atoms with Crippen LogP contribution in [0.2, 0.25) is 5.02 Å². The van der Waals surface area contributed by atoms with Crippen molar-refractivity contribution in [2.75, 3.05) is 6.54 Å². The third kappa shape index (κ3) is 2.57. The van der Waals surface area contributed by atoms with Crippen molar-refractivity contribution in [2.45, 2.75) is 25.8 Å². The molecule has 0 aromatic heterocycles. The number of rotatable bonds is 1. The third-order valence-corrected chi connectivity index (χ3v) is 4.19. The summed E-state index contributed by atoms with van der Waals surface area (Å²) in [5, 5.41) is 0.187. The van der Waals surface area contributed by atoms with Crippen molar-refractivity contribution < 1.29 is 9.18 Å².